The van der Waals surface area contributed by atoms with Gasteiger partial charge in [-0.2, -0.15) is 5.10 Å². The maximum absolute atomic E-state index is 12.3. The monoisotopic (exact) mass is 403 g/mol. The van der Waals surface area contributed by atoms with E-state index < -0.39 is 0 Å². The molecule has 1 aromatic heterocycles. The van der Waals surface area contributed by atoms with E-state index in [1.165, 1.54) is 4.68 Å². The summed E-state index contributed by atoms with van der Waals surface area (Å²) in [4.78, 5) is 24.5. The topological polar surface area (TPSA) is 99.4 Å². The second kappa shape index (κ2) is 9.49. The summed E-state index contributed by atoms with van der Waals surface area (Å²) in [6, 6.07) is 4.93. The van der Waals surface area contributed by atoms with Crippen LogP contribution in [0.4, 0.5) is 4.79 Å². The van der Waals surface area contributed by atoms with Crippen molar-refractivity contribution in [2.75, 3.05) is 20.8 Å². The molecule has 0 aliphatic carbocycles. The normalized spacial score (nSPS) is 14.0. The van der Waals surface area contributed by atoms with Gasteiger partial charge in [0, 0.05) is 31.6 Å². The first-order valence-electron chi connectivity index (χ1n) is 9.96. The Hall–Kier alpha value is -2.97. The number of nitrogens with one attached hydrogen (secondary N) is 2. The van der Waals surface area contributed by atoms with Gasteiger partial charge in [-0.25, -0.2) is 14.3 Å². The molecule has 1 unspecified atom stereocenters. The van der Waals surface area contributed by atoms with E-state index in [1.54, 1.807) is 18.8 Å². The van der Waals surface area contributed by atoms with Gasteiger partial charge in [0.05, 0.1) is 20.3 Å². The molecule has 0 fully saturated rings. The fraction of sp³-hybridized carbons (Fsp3) is 0.550. The van der Waals surface area contributed by atoms with Gasteiger partial charge in [-0.15, -0.1) is 0 Å². The number of ether oxygens (including phenoxy) is 2. The number of carbonyl (C=O) groups excluding carboxylic acids is 1. The van der Waals surface area contributed by atoms with Crippen LogP contribution >= 0.6 is 0 Å². The lowest BCUT2D eigenvalue weighted by Crippen LogP contribution is -2.38. The van der Waals surface area contributed by atoms with Crippen molar-refractivity contribution in [2.45, 2.75) is 51.7 Å². The van der Waals surface area contributed by atoms with Crippen molar-refractivity contribution in [1.82, 2.24) is 25.0 Å². The molecule has 1 atom stereocenters. The van der Waals surface area contributed by atoms with Crippen LogP contribution < -0.4 is 25.8 Å². The van der Waals surface area contributed by atoms with E-state index in [1.807, 2.05) is 25.1 Å². The molecule has 158 valence electrons. The molecule has 0 bridgehead atoms. The molecule has 1 aliphatic heterocycles. The second-order valence-corrected chi connectivity index (χ2v) is 7.11. The first-order valence-corrected chi connectivity index (χ1v) is 9.96. The van der Waals surface area contributed by atoms with Gasteiger partial charge in [0.1, 0.15) is 17.3 Å². The fourth-order valence-corrected chi connectivity index (χ4v) is 3.53. The van der Waals surface area contributed by atoms with Crippen molar-refractivity contribution < 1.29 is 14.3 Å². The zero-order chi connectivity index (χ0) is 20.8. The molecule has 2 heterocycles. The predicted octanol–water partition coefficient (Wildman–Crippen LogP) is 1.85. The van der Waals surface area contributed by atoms with Crippen LogP contribution in [0.25, 0.3) is 0 Å². The molecule has 9 heteroatoms. The predicted molar refractivity (Wildman–Crippen MR) is 109 cm³/mol. The van der Waals surface area contributed by atoms with Gasteiger partial charge in [0.2, 0.25) is 0 Å². The second-order valence-electron chi connectivity index (χ2n) is 7.11. The third-order valence-electron chi connectivity index (χ3n) is 5.11. The molecule has 0 saturated heterocycles. The number of hydrogen-bond donors (Lipinski definition) is 2. The number of fused-ring (bicyclic) bond motifs is 1. The summed E-state index contributed by atoms with van der Waals surface area (Å²) < 4.78 is 13.9. The highest BCUT2D eigenvalue weighted by atomic mass is 16.5. The van der Waals surface area contributed by atoms with Gasteiger partial charge >= 0.3 is 11.7 Å². The molecule has 1 aliphatic rings. The first-order chi connectivity index (χ1) is 14.0. The van der Waals surface area contributed by atoms with Crippen LogP contribution in [-0.2, 0) is 19.5 Å². The third-order valence-corrected chi connectivity index (χ3v) is 5.11. The SMILES string of the molecule is COc1ccc(OC)c(C(C)NC(=O)NCCCn2nc3n(c2=O)CCCC3)c1. The van der Waals surface area contributed by atoms with Crippen LogP contribution in [0, 0.1) is 0 Å². The van der Waals surface area contributed by atoms with Crippen molar-refractivity contribution in [2.24, 2.45) is 0 Å². The van der Waals surface area contributed by atoms with E-state index in [2.05, 4.69) is 15.7 Å². The number of carbonyl (C=O) groups is 1. The summed E-state index contributed by atoms with van der Waals surface area (Å²) >= 11 is 0. The Bertz CT molecular complexity index is 905. The lowest BCUT2D eigenvalue weighted by atomic mass is 10.1. The standard InChI is InChI=1S/C20H29N5O4/c1-14(16-13-15(28-2)8-9-17(16)29-3)22-19(26)21-10-6-12-25-20(27)24-11-5-4-7-18(24)23-25/h8-9,13-14H,4-7,10-12H2,1-3H3,(H2,21,22,26). The Morgan fingerprint density at radius 1 is 1.28 bits per heavy atom. The van der Waals surface area contributed by atoms with Crippen LogP contribution in [0.15, 0.2) is 23.0 Å². The van der Waals surface area contributed by atoms with E-state index >= 15 is 0 Å². The number of hydrogen-bond acceptors (Lipinski definition) is 5. The summed E-state index contributed by atoms with van der Waals surface area (Å²) in [5.41, 5.74) is 0.778. The molecule has 9 nitrogen and oxygen atoms in total. The average Bonchev–Trinajstić information content (AvgIpc) is 3.06. The summed E-state index contributed by atoms with van der Waals surface area (Å²) in [7, 11) is 3.19. The summed E-state index contributed by atoms with van der Waals surface area (Å²) in [6.07, 6.45) is 3.58. The van der Waals surface area contributed by atoms with Gasteiger partial charge in [-0.3, -0.25) is 4.57 Å². The molecule has 1 aromatic carbocycles. The van der Waals surface area contributed by atoms with Gasteiger partial charge in [-0.05, 0) is 44.4 Å². The number of amides is 2. The zero-order valence-electron chi connectivity index (χ0n) is 17.2. The van der Waals surface area contributed by atoms with Crippen molar-refractivity contribution in [3.05, 3.63) is 40.1 Å². The molecule has 0 radical (unpaired) electrons. The van der Waals surface area contributed by atoms with E-state index in [-0.39, 0.29) is 17.8 Å². The van der Waals surface area contributed by atoms with Gasteiger partial charge in [0.15, 0.2) is 0 Å². The Kier molecular flexibility index (Phi) is 6.79. The largest absolute Gasteiger partial charge is 0.497 e. The summed E-state index contributed by atoms with van der Waals surface area (Å²) in [5.74, 6) is 2.25. The highest BCUT2D eigenvalue weighted by Crippen LogP contribution is 2.29. The number of methoxy groups -OCH3 is 2. The minimum Gasteiger partial charge on any atom is -0.497 e. The van der Waals surface area contributed by atoms with Crippen molar-refractivity contribution in [3.8, 4) is 11.5 Å². The van der Waals surface area contributed by atoms with Crippen LogP contribution in [0.2, 0.25) is 0 Å². The van der Waals surface area contributed by atoms with Crippen LogP contribution in [0.5, 0.6) is 11.5 Å². The first kappa shape index (κ1) is 20.8. The lowest BCUT2D eigenvalue weighted by Gasteiger charge is -2.18. The average molecular weight is 403 g/mol. The number of benzene rings is 1. The number of aromatic nitrogens is 3. The number of aryl methyl sites for hydroxylation is 2. The molecule has 2 N–H and O–H groups in total. The maximum Gasteiger partial charge on any atom is 0.345 e. The third kappa shape index (κ3) is 4.90. The molecule has 29 heavy (non-hydrogen) atoms. The van der Waals surface area contributed by atoms with Gasteiger partial charge in [0.25, 0.3) is 0 Å². The van der Waals surface area contributed by atoms with E-state index in [9.17, 15) is 9.59 Å². The van der Waals surface area contributed by atoms with Gasteiger partial charge < -0.3 is 20.1 Å². The summed E-state index contributed by atoms with van der Waals surface area (Å²) in [5, 5.41) is 10.1. The molecular weight excluding hydrogens is 374 g/mol. The van der Waals surface area contributed by atoms with Crippen LogP contribution in [0.1, 0.15) is 43.6 Å². The Labute approximate surface area is 170 Å². The van der Waals surface area contributed by atoms with Crippen LogP contribution in [0.3, 0.4) is 0 Å². The molecule has 2 aromatic rings. The number of rotatable bonds is 8. The van der Waals surface area contributed by atoms with Crippen molar-refractivity contribution in [1.29, 1.82) is 0 Å². The molecule has 3 rings (SSSR count). The molecule has 0 spiro atoms. The van der Waals surface area contributed by atoms with E-state index in [0.717, 1.165) is 37.2 Å². The van der Waals surface area contributed by atoms with Crippen LogP contribution in [-0.4, -0.2) is 41.1 Å². The smallest absolute Gasteiger partial charge is 0.345 e. The highest BCUT2D eigenvalue weighted by molar-refractivity contribution is 5.74. The maximum atomic E-state index is 12.3. The van der Waals surface area contributed by atoms with Crippen molar-refractivity contribution in [3.63, 3.8) is 0 Å². The fourth-order valence-electron chi connectivity index (χ4n) is 3.53. The Balaban J connectivity index is 1.48. The van der Waals surface area contributed by atoms with Crippen molar-refractivity contribution >= 4 is 6.03 Å². The highest BCUT2D eigenvalue weighted by Gasteiger charge is 2.17. The summed E-state index contributed by atoms with van der Waals surface area (Å²) in [6.45, 7) is 3.56. The number of nitrogens with zero attached hydrogens (tertiary/aromatic N) is 3. The minimum atomic E-state index is -0.279. The van der Waals surface area contributed by atoms with Gasteiger partial charge in [-0.1, -0.05) is 0 Å². The molecular formula is C20H29N5O4. The van der Waals surface area contributed by atoms with E-state index in [0.29, 0.717) is 31.0 Å². The lowest BCUT2D eigenvalue weighted by molar-refractivity contribution is 0.237. The molecule has 2 amide bonds. The quantitative estimate of drug-likeness (QED) is 0.656. The van der Waals surface area contributed by atoms with E-state index in [4.69, 9.17) is 9.47 Å². The molecule has 0 saturated carbocycles. The minimum absolute atomic E-state index is 0.0529. The number of urea groups is 1. The Morgan fingerprint density at radius 2 is 2.10 bits per heavy atom. The Morgan fingerprint density at radius 3 is 2.83 bits per heavy atom. The zero-order valence-corrected chi connectivity index (χ0v) is 17.2.